The van der Waals surface area contributed by atoms with Crippen LogP contribution < -0.4 is 5.32 Å². The van der Waals surface area contributed by atoms with E-state index in [1.165, 1.54) is 7.11 Å². The Bertz CT molecular complexity index is 368. The molecule has 0 spiro atoms. The number of nitro groups is 1. The Morgan fingerprint density at radius 1 is 1.14 bits per heavy atom. The average Bonchev–Trinajstić information content (AvgIpc) is 2.34. The molecule has 0 heterocycles. The molecule has 0 saturated carbocycles. The van der Waals surface area contributed by atoms with Gasteiger partial charge in [-0.3, -0.25) is 14.9 Å². The van der Waals surface area contributed by atoms with E-state index in [4.69, 9.17) is 0 Å². The van der Waals surface area contributed by atoms with Gasteiger partial charge in [-0.1, -0.05) is 27.7 Å². The maximum atomic E-state index is 12.2. The van der Waals surface area contributed by atoms with E-state index in [9.17, 15) is 19.7 Å². The van der Waals surface area contributed by atoms with Gasteiger partial charge in [0.15, 0.2) is 0 Å². The minimum atomic E-state index is -0.760. The SMILES string of the molecule is COC(=O)[C@H](CC(C)C)NC(=O)[C@H](CC(C)C)C[N+](=O)[O-]. The molecule has 0 aliphatic carbocycles. The van der Waals surface area contributed by atoms with Crippen molar-refractivity contribution in [1.82, 2.24) is 5.32 Å². The van der Waals surface area contributed by atoms with Gasteiger partial charge in [0, 0.05) is 4.92 Å². The molecule has 7 nitrogen and oxygen atoms in total. The second-order valence-electron chi connectivity index (χ2n) is 6.06. The highest BCUT2D eigenvalue weighted by Crippen LogP contribution is 2.14. The van der Waals surface area contributed by atoms with Crippen molar-refractivity contribution in [1.29, 1.82) is 0 Å². The zero-order valence-corrected chi connectivity index (χ0v) is 13.4. The lowest BCUT2D eigenvalue weighted by Crippen LogP contribution is -2.46. The van der Waals surface area contributed by atoms with E-state index in [2.05, 4.69) is 10.1 Å². The quantitative estimate of drug-likeness (QED) is 0.396. The van der Waals surface area contributed by atoms with E-state index < -0.39 is 35.3 Å². The summed E-state index contributed by atoms with van der Waals surface area (Å²) in [6.45, 7) is 7.20. The molecule has 1 amide bonds. The summed E-state index contributed by atoms with van der Waals surface area (Å²) in [6, 6.07) is -0.760. The first-order valence-electron chi connectivity index (χ1n) is 7.17. The number of carbonyl (C=O) groups excluding carboxylic acids is 2. The van der Waals surface area contributed by atoms with E-state index in [0.29, 0.717) is 12.8 Å². The van der Waals surface area contributed by atoms with Gasteiger partial charge in [0.1, 0.15) is 12.0 Å². The Kier molecular flexibility index (Phi) is 8.57. The van der Waals surface area contributed by atoms with Gasteiger partial charge in [0.25, 0.3) is 0 Å². The second kappa shape index (κ2) is 9.31. The highest BCUT2D eigenvalue weighted by molar-refractivity contribution is 5.85. The third-order valence-corrected chi connectivity index (χ3v) is 3.01. The van der Waals surface area contributed by atoms with Gasteiger partial charge in [-0.2, -0.15) is 0 Å². The monoisotopic (exact) mass is 302 g/mol. The summed E-state index contributed by atoms with van der Waals surface area (Å²) in [6.07, 6.45) is 0.841. The molecule has 0 fully saturated rings. The van der Waals surface area contributed by atoms with Gasteiger partial charge in [-0.15, -0.1) is 0 Å². The van der Waals surface area contributed by atoms with Crippen LogP contribution in [0.5, 0.6) is 0 Å². The zero-order valence-electron chi connectivity index (χ0n) is 13.4. The molecule has 0 bridgehead atoms. The van der Waals surface area contributed by atoms with Crippen LogP contribution in [0.25, 0.3) is 0 Å². The minimum Gasteiger partial charge on any atom is -0.467 e. The van der Waals surface area contributed by atoms with Crippen LogP contribution in [0.15, 0.2) is 0 Å². The first-order chi connectivity index (χ1) is 9.67. The lowest BCUT2D eigenvalue weighted by Gasteiger charge is -2.21. The number of carbonyl (C=O) groups is 2. The Hall–Kier alpha value is -1.66. The van der Waals surface area contributed by atoms with Gasteiger partial charge >= 0.3 is 5.97 Å². The van der Waals surface area contributed by atoms with Crippen molar-refractivity contribution in [2.24, 2.45) is 17.8 Å². The first-order valence-corrected chi connectivity index (χ1v) is 7.17. The molecule has 0 aliphatic rings. The summed E-state index contributed by atoms with van der Waals surface area (Å²) in [5.74, 6) is -1.38. The summed E-state index contributed by atoms with van der Waals surface area (Å²) in [5.41, 5.74) is 0. The molecule has 1 N–H and O–H groups in total. The third-order valence-electron chi connectivity index (χ3n) is 3.01. The first kappa shape index (κ1) is 19.3. The molecule has 0 rings (SSSR count). The van der Waals surface area contributed by atoms with Gasteiger partial charge in [-0.05, 0) is 24.7 Å². The Labute approximate surface area is 125 Å². The number of methoxy groups -OCH3 is 1. The summed E-state index contributed by atoms with van der Waals surface area (Å²) in [4.78, 5) is 34.1. The molecule has 0 saturated heterocycles. The fourth-order valence-electron chi connectivity index (χ4n) is 2.13. The maximum Gasteiger partial charge on any atom is 0.328 e. The van der Waals surface area contributed by atoms with Crippen LogP contribution in [0.2, 0.25) is 0 Å². The van der Waals surface area contributed by atoms with Crippen LogP contribution in [0.3, 0.4) is 0 Å². The Morgan fingerprint density at radius 3 is 2.05 bits per heavy atom. The van der Waals surface area contributed by atoms with Crippen molar-refractivity contribution in [3.63, 3.8) is 0 Å². The normalized spacial score (nSPS) is 13.9. The van der Waals surface area contributed by atoms with E-state index in [1.807, 2.05) is 27.7 Å². The van der Waals surface area contributed by atoms with Crippen LogP contribution >= 0.6 is 0 Å². The Balaban J connectivity index is 4.87. The second-order valence-corrected chi connectivity index (χ2v) is 6.06. The van der Waals surface area contributed by atoms with E-state index in [-0.39, 0.29) is 11.8 Å². The molecule has 122 valence electrons. The molecule has 7 heteroatoms. The number of amides is 1. The highest BCUT2D eigenvalue weighted by Gasteiger charge is 2.30. The van der Waals surface area contributed by atoms with Crippen molar-refractivity contribution >= 4 is 11.9 Å². The molecular weight excluding hydrogens is 276 g/mol. The molecule has 0 aromatic rings. The van der Waals surface area contributed by atoms with Crippen molar-refractivity contribution in [2.45, 2.75) is 46.6 Å². The molecule has 0 aromatic heterocycles. The maximum absolute atomic E-state index is 12.2. The van der Waals surface area contributed by atoms with Gasteiger partial charge in [0.2, 0.25) is 12.5 Å². The number of nitrogens with one attached hydrogen (secondary N) is 1. The fourth-order valence-corrected chi connectivity index (χ4v) is 2.13. The molecule has 0 unspecified atom stereocenters. The van der Waals surface area contributed by atoms with Gasteiger partial charge < -0.3 is 10.1 Å². The summed E-state index contributed by atoms with van der Waals surface area (Å²) < 4.78 is 4.67. The highest BCUT2D eigenvalue weighted by atomic mass is 16.6. The summed E-state index contributed by atoms with van der Waals surface area (Å²) >= 11 is 0. The lowest BCUT2D eigenvalue weighted by atomic mass is 9.95. The van der Waals surface area contributed by atoms with Crippen LogP contribution in [-0.4, -0.2) is 36.5 Å². The van der Waals surface area contributed by atoms with Crippen LogP contribution in [0.1, 0.15) is 40.5 Å². The topological polar surface area (TPSA) is 98.5 Å². The van der Waals surface area contributed by atoms with Crippen LogP contribution in [0.4, 0.5) is 0 Å². The third kappa shape index (κ3) is 8.27. The van der Waals surface area contributed by atoms with E-state index in [1.54, 1.807) is 0 Å². The summed E-state index contributed by atoms with van der Waals surface area (Å²) in [7, 11) is 1.25. The van der Waals surface area contributed by atoms with Crippen LogP contribution in [0, 0.1) is 27.9 Å². The standard InChI is InChI=1S/C14H26N2O5/c1-9(2)6-11(8-16(19)20)13(17)15-12(7-10(3)4)14(18)21-5/h9-12H,6-8H2,1-5H3,(H,15,17)/t11-,12+/m1/s1. The lowest BCUT2D eigenvalue weighted by molar-refractivity contribution is -0.486. The summed E-state index contributed by atoms with van der Waals surface area (Å²) in [5, 5.41) is 13.3. The predicted molar refractivity (Wildman–Crippen MR) is 78.2 cm³/mol. The molecule has 21 heavy (non-hydrogen) atoms. The van der Waals surface area contributed by atoms with Crippen LogP contribution in [-0.2, 0) is 14.3 Å². The average molecular weight is 302 g/mol. The van der Waals surface area contributed by atoms with Crippen molar-refractivity contribution in [3.8, 4) is 0 Å². The number of hydrogen-bond acceptors (Lipinski definition) is 5. The predicted octanol–water partition coefficient (Wildman–Crippen LogP) is 1.63. The van der Waals surface area contributed by atoms with Gasteiger partial charge in [-0.25, -0.2) is 4.79 Å². The molecule has 2 atom stereocenters. The number of hydrogen-bond donors (Lipinski definition) is 1. The van der Waals surface area contributed by atoms with Crippen molar-refractivity contribution < 1.29 is 19.2 Å². The number of rotatable bonds is 9. The number of esters is 1. The minimum absolute atomic E-state index is 0.155. The fraction of sp³-hybridized carbons (Fsp3) is 0.857. The molecule has 0 aromatic carbocycles. The number of nitrogens with zero attached hydrogens (tertiary/aromatic N) is 1. The smallest absolute Gasteiger partial charge is 0.328 e. The number of ether oxygens (including phenoxy) is 1. The van der Waals surface area contributed by atoms with Gasteiger partial charge in [0.05, 0.1) is 7.11 Å². The molecular formula is C14H26N2O5. The largest absolute Gasteiger partial charge is 0.467 e. The van der Waals surface area contributed by atoms with E-state index in [0.717, 1.165) is 0 Å². The molecule has 0 radical (unpaired) electrons. The zero-order chi connectivity index (χ0) is 16.6. The van der Waals surface area contributed by atoms with E-state index >= 15 is 0 Å². The Morgan fingerprint density at radius 2 is 1.67 bits per heavy atom. The van der Waals surface area contributed by atoms with Crippen molar-refractivity contribution in [2.75, 3.05) is 13.7 Å². The molecule has 0 aliphatic heterocycles. The van der Waals surface area contributed by atoms with Crippen molar-refractivity contribution in [3.05, 3.63) is 10.1 Å².